The third-order valence-corrected chi connectivity index (χ3v) is 7.53. The van der Waals surface area contributed by atoms with Gasteiger partial charge in [-0.1, -0.05) is 11.3 Å². The van der Waals surface area contributed by atoms with E-state index in [1.165, 1.54) is 35.3 Å². The van der Waals surface area contributed by atoms with Gasteiger partial charge in [-0.2, -0.15) is 4.98 Å². The molecule has 2 bridgehead atoms. The van der Waals surface area contributed by atoms with Crippen molar-refractivity contribution in [1.29, 1.82) is 0 Å². The fourth-order valence-electron chi connectivity index (χ4n) is 5.34. The molecule has 0 unspecified atom stereocenters. The summed E-state index contributed by atoms with van der Waals surface area (Å²) < 4.78 is 7.04. The molecule has 0 saturated carbocycles. The van der Waals surface area contributed by atoms with Crippen molar-refractivity contribution in [3.8, 4) is 10.9 Å². The maximum atomic E-state index is 11.5. The molecule has 8 heteroatoms. The van der Waals surface area contributed by atoms with E-state index in [0.29, 0.717) is 29.0 Å². The summed E-state index contributed by atoms with van der Waals surface area (Å²) in [5.41, 5.74) is 3.00. The number of nitrogens with zero attached hydrogens (tertiary/aromatic N) is 3. The molecule has 2 N–H and O–H groups in total. The van der Waals surface area contributed by atoms with Crippen LogP contribution in [-0.4, -0.2) is 43.9 Å². The van der Waals surface area contributed by atoms with Crippen LogP contribution in [0.25, 0.3) is 21.3 Å². The molecule has 3 atom stereocenters. The molecule has 2 aliphatic heterocycles. The summed E-state index contributed by atoms with van der Waals surface area (Å²) in [5, 5.41) is 4.91. The number of rotatable bonds is 5. The fraction of sp³-hybridized carbons (Fsp3) is 0.375. The molecule has 0 radical (unpaired) electrons. The van der Waals surface area contributed by atoms with Crippen LogP contribution in [0.4, 0.5) is 0 Å². The minimum absolute atomic E-state index is 0.0820. The number of hydrogen-bond donors (Lipinski definition) is 2. The highest BCUT2D eigenvalue weighted by atomic mass is 32.1. The molecule has 0 aliphatic carbocycles. The van der Waals surface area contributed by atoms with Crippen molar-refractivity contribution in [2.24, 2.45) is 0 Å². The Balaban J connectivity index is 1.17. The van der Waals surface area contributed by atoms with E-state index in [1.54, 1.807) is 13.1 Å². The first-order valence-electron chi connectivity index (χ1n) is 11.1. The van der Waals surface area contributed by atoms with Gasteiger partial charge in [-0.3, -0.25) is 9.69 Å². The third kappa shape index (κ3) is 3.73. The van der Waals surface area contributed by atoms with E-state index in [0.717, 1.165) is 35.4 Å². The minimum atomic E-state index is 0.0820. The molecule has 1 amide bonds. The van der Waals surface area contributed by atoms with Gasteiger partial charge in [0.15, 0.2) is 5.65 Å². The molecule has 164 valence electrons. The van der Waals surface area contributed by atoms with Crippen molar-refractivity contribution in [2.45, 2.75) is 57.3 Å². The lowest BCUT2D eigenvalue weighted by atomic mass is 9.97. The second kappa shape index (κ2) is 7.86. The molecular formula is C24H25N5O2S. The molecule has 2 aliphatic rings. The molecular weight excluding hydrogens is 422 g/mol. The lowest BCUT2D eigenvalue weighted by Crippen LogP contribution is -2.49. The van der Waals surface area contributed by atoms with Crippen LogP contribution in [0.15, 0.2) is 42.6 Å². The molecule has 7 nitrogen and oxygen atoms in total. The highest BCUT2D eigenvalue weighted by Crippen LogP contribution is 2.37. The number of piperidine rings is 1. The standard InChI is InChI=1S/C24H25N5O2S/c1-14(30)26-16-10-18-5-6-19(11-16)29(18)13-17-9-15-4-7-20(12-21(15)27-17)31-24-28-23-22(32-24)3-2-8-25-23/h2-4,7-9,12,16,18-19,27H,5-6,10-11,13H2,1H3,(H,26,30)/t16-,18+,19-. The summed E-state index contributed by atoms with van der Waals surface area (Å²) in [6, 6.07) is 13.7. The summed E-state index contributed by atoms with van der Waals surface area (Å²) in [6.45, 7) is 2.53. The first-order chi connectivity index (χ1) is 15.6. The number of aromatic nitrogens is 3. The SMILES string of the molecule is CC(=O)N[C@H]1C[C@H]2CC[C@@H](C1)N2Cc1cc2ccc(Oc3nc4ncccc4s3)cc2[nH]1. The van der Waals surface area contributed by atoms with Crippen molar-refractivity contribution < 1.29 is 9.53 Å². The number of pyridine rings is 1. The van der Waals surface area contributed by atoms with Gasteiger partial charge in [-0.25, -0.2) is 4.98 Å². The molecule has 6 rings (SSSR count). The van der Waals surface area contributed by atoms with Gasteiger partial charge >= 0.3 is 0 Å². The lowest BCUT2D eigenvalue weighted by molar-refractivity contribution is -0.120. The Kier molecular flexibility index (Phi) is 4.84. The number of thiazole rings is 1. The van der Waals surface area contributed by atoms with Gasteiger partial charge in [-0.15, -0.1) is 0 Å². The van der Waals surface area contributed by atoms with Gasteiger partial charge in [0, 0.05) is 55.1 Å². The van der Waals surface area contributed by atoms with Crippen LogP contribution in [-0.2, 0) is 11.3 Å². The number of nitrogens with one attached hydrogen (secondary N) is 2. The fourth-order valence-corrected chi connectivity index (χ4v) is 6.14. The topological polar surface area (TPSA) is 83.1 Å². The van der Waals surface area contributed by atoms with E-state index in [1.807, 2.05) is 24.3 Å². The van der Waals surface area contributed by atoms with Crippen LogP contribution < -0.4 is 10.1 Å². The van der Waals surface area contributed by atoms with E-state index >= 15 is 0 Å². The van der Waals surface area contributed by atoms with Gasteiger partial charge in [0.05, 0.1) is 4.70 Å². The number of carbonyl (C=O) groups excluding carboxylic acids is 1. The first-order valence-corrected chi connectivity index (χ1v) is 12.0. The summed E-state index contributed by atoms with van der Waals surface area (Å²) >= 11 is 1.50. The summed E-state index contributed by atoms with van der Waals surface area (Å²) in [5.74, 6) is 0.847. The molecule has 4 aromatic rings. The monoisotopic (exact) mass is 447 g/mol. The van der Waals surface area contributed by atoms with Crippen molar-refractivity contribution in [3.05, 3.63) is 48.3 Å². The molecule has 3 aromatic heterocycles. The van der Waals surface area contributed by atoms with Crippen molar-refractivity contribution >= 4 is 38.5 Å². The Morgan fingerprint density at radius 2 is 2.09 bits per heavy atom. The number of benzene rings is 1. The Morgan fingerprint density at radius 3 is 2.88 bits per heavy atom. The van der Waals surface area contributed by atoms with Crippen molar-refractivity contribution in [2.75, 3.05) is 0 Å². The molecule has 2 fully saturated rings. The zero-order valence-corrected chi connectivity index (χ0v) is 18.7. The quantitative estimate of drug-likeness (QED) is 0.467. The van der Waals surface area contributed by atoms with Gasteiger partial charge in [0.1, 0.15) is 5.75 Å². The Bertz CT molecular complexity index is 1250. The van der Waals surface area contributed by atoms with E-state index in [4.69, 9.17) is 4.74 Å². The van der Waals surface area contributed by atoms with Crippen LogP contribution in [0.5, 0.6) is 10.9 Å². The van der Waals surface area contributed by atoms with Crippen LogP contribution in [0.1, 0.15) is 38.3 Å². The van der Waals surface area contributed by atoms with Gasteiger partial charge in [-0.05, 0) is 61.4 Å². The molecule has 5 heterocycles. The van der Waals surface area contributed by atoms with Crippen LogP contribution in [0.3, 0.4) is 0 Å². The van der Waals surface area contributed by atoms with Crippen LogP contribution in [0, 0.1) is 0 Å². The normalized spacial score (nSPS) is 23.1. The number of amides is 1. The zero-order chi connectivity index (χ0) is 21.7. The number of carbonyl (C=O) groups is 1. The smallest absolute Gasteiger partial charge is 0.281 e. The van der Waals surface area contributed by atoms with E-state index in [2.05, 4.69) is 37.3 Å². The van der Waals surface area contributed by atoms with Crippen molar-refractivity contribution in [1.82, 2.24) is 25.2 Å². The Labute approximate surface area is 189 Å². The summed E-state index contributed by atoms with van der Waals surface area (Å²) in [7, 11) is 0. The average molecular weight is 448 g/mol. The predicted molar refractivity (Wildman–Crippen MR) is 125 cm³/mol. The number of H-pyrrole nitrogens is 1. The maximum absolute atomic E-state index is 11.5. The highest BCUT2D eigenvalue weighted by molar-refractivity contribution is 7.20. The number of ether oxygens (including phenoxy) is 1. The molecule has 32 heavy (non-hydrogen) atoms. The Hall–Kier alpha value is -2.97. The lowest BCUT2D eigenvalue weighted by Gasteiger charge is -2.38. The second-order valence-electron chi connectivity index (χ2n) is 8.88. The number of fused-ring (bicyclic) bond motifs is 4. The van der Waals surface area contributed by atoms with E-state index < -0.39 is 0 Å². The Morgan fingerprint density at radius 1 is 1.25 bits per heavy atom. The van der Waals surface area contributed by atoms with Gasteiger partial charge in [0.2, 0.25) is 5.91 Å². The molecule has 1 aromatic carbocycles. The zero-order valence-electron chi connectivity index (χ0n) is 17.9. The van der Waals surface area contributed by atoms with E-state index in [9.17, 15) is 4.79 Å². The highest BCUT2D eigenvalue weighted by Gasteiger charge is 2.40. The number of hydrogen-bond acceptors (Lipinski definition) is 6. The summed E-state index contributed by atoms with van der Waals surface area (Å²) in [4.78, 5) is 26.4. The minimum Gasteiger partial charge on any atom is -0.431 e. The maximum Gasteiger partial charge on any atom is 0.281 e. The number of aromatic amines is 1. The molecule has 2 saturated heterocycles. The van der Waals surface area contributed by atoms with Crippen LogP contribution in [0.2, 0.25) is 0 Å². The largest absolute Gasteiger partial charge is 0.431 e. The summed E-state index contributed by atoms with van der Waals surface area (Å²) in [6.07, 6.45) is 6.27. The van der Waals surface area contributed by atoms with Gasteiger partial charge < -0.3 is 15.0 Å². The second-order valence-corrected chi connectivity index (χ2v) is 9.87. The van der Waals surface area contributed by atoms with Crippen LogP contribution >= 0.6 is 11.3 Å². The average Bonchev–Trinajstić information content (AvgIpc) is 3.41. The molecule has 0 spiro atoms. The predicted octanol–water partition coefficient (Wildman–Crippen LogP) is 4.60. The first kappa shape index (κ1) is 19.7. The third-order valence-electron chi connectivity index (χ3n) is 6.64. The van der Waals surface area contributed by atoms with Crippen molar-refractivity contribution in [3.63, 3.8) is 0 Å². The van der Waals surface area contributed by atoms with Gasteiger partial charge in [0.25, 0.3) is 5.19 Å². The van der Waals surface area contributed by atoms with E-state index in [-0.39, 0.29) is 5.91 Å².